The number of Topliss-reactive ketones (excluding diaryl/α,β-unsaturated/α-hetero) is 1. The van der Waals surface area contributed by atoms with Crippen molar-refractivity contribution < 1.29 is 51.5 Å². The number of hydrogen-bond donors (Lipinski definition) is 2. The van der Waals surface area contributed by atoms with Crippen molar-refractivity contribution in [2.45, 2.75) is 160 Å². The Morgan fingerprint density at radius 2 is 1.76 bits per heavy atom. The molecule has 5 rings (SSSR count). The quantitative estimate of drug-likeness (QED) is 0.166. The number of methoxy groups -OCH3 is 1. The normalized spacial score (nSPS) is 36.2. The number of pyridine rings is 1. The number of hydrogen-bond acceptors (Lipinski definition) is 15. The van der Waals surface area contributed by atoms with Crippen LogP contribution in [0.2, 0.25) is 0 Å². The zero-order chi connectivity index (χ0) is 46.2. The Kier molecular flexibility index (Phi) is 18.2. The predicted octanol–water partition coefficient (Wildman–Crippen LogP) is 5.42. The van der Waals surface area contributed by atoms with E-state index in [-0.39, 0.29) is 36.6 Å². The van der Waals surface area contributed by atoms with Gasteiger partial charge in [-0.15, -0.1) is 5.10 Å². The Bertz CT molecular complexity index is 1760. The van der Waals surface area contributed by atoms with Crippen molar-refractivity contribution in [3.63, 3.8) is 0 Å². The topological polar surface area (TPSA) is 180 Å². The molecule has 1 amide bonds. The molecule has 2 N–H and O–H groups in total. The predicted molar refractivity (Wildman–Crippen MR) is 230 cm³/mol. The van der Waals surface area contributed by atoms with Crippen LogP contribution >= 0.6 is 12.1 Å². The van der Waals surface area contributed by atoms with Crippen LogP contribution in [0.3, 0.4) is 0 Å². The van der Waals surface area contributed by atoms with Gasteiger partial charge in [0.05, 0.1) is 35.7 Å². The SMILES string of the molecule is CC[C@H]1OC(=O)[C@@](C)(F)C(=O)[C@H](C)[C@@H](O[C@@H]2O[C@H](C)CC(N(C)C)C2O)[C@](C)(OC)C[C@@H](C)CN[C@H](C)[C@H]2N(CCCCn3cc(-c4ccccn4)nn3)C(=O)O[C@]12C.CSF. The van der Waals surface area contributed by atoms with E-state index in [0.29, 0.717) is 51.0 Å². The molecule has 2 unspecified atom stereocenters. The second kappa shape index (κ2) is 22.0. The number of fused-ring (bicyclic) bond motifs is 1. The van der Waals surface area contributed by atoms with E-state index >= 15 is 4.39 Å². The van der Waals surface area contributed by atoms with Crippen molar-refractivity contribution in [2.24, 2.45) is 11.8 Å². The van der Waals surface area contributed by atoms with Gasteiger partial charge < -0.3 is 39.0 Å². The molecule has 5 heterocycles. The monoisotopic (exact) mass is 897 g/mol. The number of alkyl halides is 1. The zero-order valence-electron chi connectivity index (χ0n) is 38.4. The molecular formula is C43H69F2N7O9S. The summed E-state index contributed by atoms with van der Waals surface area (Å²) in [4.78, 5) is 49.9. The number of carbonyl (C=O) groups is 3. The molecule has 2 aromatic rings. The number of nitrogens with one attached hydrogen (secondary N) is 1. The molecule has 0 radical (unpaired) electrons. The van der Waals surface area contributed by atoms with Gasteiger partial charge in [-0.05, 0) is 105 Å². The van der Waals surface area contributed by atoms with E-state index in [9.17, 15) is 23.4 Å². The summed E-state index contributed by atoms with van der Waals surface area (Å²) in [6.07, 6.45) is 1.83. The second-order valence-electron chi connectivity index (χ2n) is 17.7. The van der Waals surface area contributed by atoms with Crippen LogP contribution in [0.15, 0.2) is 30.6 Å². The average molecular weight is 898 g/mol. The summed E-state index contributed by atoms with van der Waals surface area (Å²) < 4.78 is 59.7. The lowest BCUT2D eigenvalue weighted by atomic mass is 9.78. The third-order valence-corrected chi connectivity index (χ3v) is 12.6. The highest BCUT2D eigenvalue weighted by Gasteiger charge is 2.60. The smallest absolute Gasteiger partial charge is 0.410 e. The lowest BCUT2D eigenvalue weighted by Gasteiger charge is -2.47. The van der Waals surface area contributed by atoms with E-state index in [4.69, 9.17) is 23.7 Å². The van der Waals surface area contributed by atoms with Crippen LogP contribution in [-0.2, 0) is 39.8 Å². The molecular weight excluding hydrogens is 829 g/mol. The average Bonchev–Trinajstić information content (AvgIpc) is 3.81. The van der Waals surface area contributed by atoms with Crippen molar-refractivity contribution in [3.05, 3.63) is 30.6 Å². The van der Waals surface area contributed by atoms with Gasteiger partial charge >= 0.3 is 12.1 Å². The fraction of sp³-hybridized carbons (Fsp3) is 0.767. The van der Waals surface area contributed by atoms with E-state index in [2.05, 4.69) is 20.6 Å². The largest absolute Gasteiger partial charge is 0.455 e. The molecule has 3 fully saturated rings. The van der Waals surface area contributed by atoms with Gasteiger partial charge in [-0.1, -0.05) is 32.1 Å². The third-order valence-electron chi connectivity index (χ3n) is 12.6. The van der Waals surface area contributed by atoms with Gasteiger partial charge in [0.2, 0.25) is 0 Å². The molecule has 0 aromatic carbocycles. The number of aromatic nitrogens is 4. The summed E-state index contributed by atoms with van der Waals surface area (Å²) in [7, 11) is 5.20. The summed E-state index contributed by atoms with van der Waals surface area (Å²) >= 11 is 0.250. The summed E-state index contributed by atoms with van der Waals surface area (Å²) in [5.74, 6) is -3.85. The standard InChI is InChI=1S/C42H66FN7O9.CH3FS/c1-12-32-42(8)34(50(39(54)59-42)20-16-15-19-49-24-30(46-47-49)29-17-13-14-18-44-29)28(5)45-23-25(2)22-40(6,55-11)36(27(4)35(52)41(7,43)38(53)57-32)58-37-33(51)31(48(9)10)21-26(3)56-37;1-3-2/h13-14,17-18,24-28,31-34,36-37,45,51H,12,15-16,19-23H2,1-11H3;1H3/t25-,26-,27+,28-,31?,32-,33?,34-,36-,37+,40-,41+,42-;/m1./s1. The molecule has 3 aliphatic heterocycles. The Balaban J connectivity index is 0.00000273. The highest BCUT2D eigenvalue weighted by molar-refractivity contribution is 7.93. The first-order valence-corrected chi connectivity index (χ1v) is 22.6. The van der Waals surface area contributed by atoms with Crippen LogP contribution in [-0.4, -0.2) is 159 Å². The Morgan fingerprint density at radius 3 is 2.37 bits per heavy atom. The number of rotatable bonds is 11. The maximum atomic E-state index is 16.9. The van der Waals surface area contributed by atoms with Crippen LogP contribution < -0.4 is 5.32 Å². The molecule has 0 spiro atoms. The molecule has 3 aliphatic rings. The van der Waals surface area contributed by atoms with Crippen molar-refractivity contribution in [1.82, 2.24) is 35.1 Å². The Hall–Kier alpha value is -3.33. The molecule has 16 nitrogen and oxygen atoms in total. The van der Waals surface area contributed by atoms with Crippen molar-refractivity contribution in [3.8, 4) is 11.4 Å². The van der Waals surface area contributed by atoms with E-state index in [1.54, 1.807) is 36.5 Å². The lowest BCUT2D eigenvalue weighted by Crippen LogP contribution is -2.61. The van der Waals surface area contributed by atoms with Gasteiger partial charge in [0.25, 0.3) is 5.67 Å². The van der Waals surface area contributed by atoms with Gasteiger partial charge in [-0.3, -0.25) is 19.4 Å². The number of unbranched alkanes of at least 4 members (excludes halogenated alkanes) is 1. The molecule has 350 valence electrons. The number of cyclic esters (lactones) is 1. The van der Waals surface area contributed by atoms with E-state index in [1.165, 1.54) is 20.3 Å². The molecule has 62 heavy (non-hydrogen) atoms. The Morgan fingerprint density at radius 1 is 1.08 bits per heavy atom. The first-order chi connectivity index (χ1) is 29.2. The van der Waals surface area contributed by atoms with Crippen LogP contribution in [0.5, 0.6) is 0 Å². The highest BCUT2D eigenvalue weighted by atomic mass is 32.2. The summed E-state index contributed by atoms with van der Waals surface area (Å²) in [6.45, 7) is 14.8. The molecule has 3 saturated heterocycles. The third kappa shape index (κ3) is 11.7. The minimum absolute atomic E-state index is 0.112. The number of ketones is 1. The van der Waals surface area contributed by atoms with Gasteiger partial charge in [0, 0.05) is 62.8 Å². The fourth-order valence-electron chi connectivity index (χ4n) is 9.26. The maximum absolute atomic E-state index is 16.9. The summed E-state index contributed by atoms with van der Waals surface area (Å²) in [6, 6.07) is 4.24. The molecule has 0 aliphatic carbocycles. The first kappa shape index (κ1) is 51.3. The lowest BCUT2D eigenvalue weighted by molar-refractivity contribution is -0.295. The van der Waals surface area contributed by atoms with E-state index in [0.717, 1.165) is 12.6 Å². The number of ether oxygens (including phenoxy) is 5. The number of aliphatic hydroxyl groups is 1. The summed E-state index contributed by atoms with van der Waals surface area (Å²) in [5, 5.41) is 23.5. The minimum atomic E-state index is -3.13. The molecule has 0 bridgehead atoms. The zero-order valence-corrected chi connectivity index (χ0v) is 39.2. The molecule has 0 saturated carbocycles. The number of halogens is 2. The minimum Gasteiger partial charge on any atom is -0.455 e. The Labute approximate surface area is 369 Å². The van der Waals surface area contributed by atoms with Crippen LogP contribution in [0.25, 0.3) is 11.4 Å². The van der Waals surface area contributed by atoms with Crippen molar-refractivity contribution in [1.29, 1.82) is 0 Å². The molecule has 19 heteroatoms. The number of likely N-dealkylation sites (N-methyl/N-ethyl adjacent to an activating group) is 1. The molecule has 2 aromatic heterocycles. The van der Waals surface area contributed by atoms with E-state index < -0.39 is 77.3 Å². The van der Waals surface area contributed by atoms with Gasteiger partial charge in [0.15, 0.2) is 17.7 Å². The molecule has 13 atom stereocenters. The first-order valence-electron chi connectivity index (χ1n) is 21.5. The van der Waals surface area contributed by atoms with Crippen LogP contribution in [0, 0.1) is 11.8 Å². The van der Waals surface area contributed by atoms with Crippen molar-refractivity contribution >= 4 is 30.0 Å². The fourth-order valence-corrected chi connectivity index (χ4v) is 9.26. The van der Waals surface area contributed by atoms with E-state index in [1.807, 2.05) is 64.2 Å². The van der Waals surface area contributed by atoms with Gasteiger partial charge in [-0.25, -0.2) is 14.0 Å². The van der Waals surface area contributed by atoms with Gasteiger partial charge in [0.1, 0.15) is 17.9 Å². The van der Waals surface area contributed by atoms with Crippen LogP contribution in [0.4, 0.5) is 13.1 Å². The number of aryl methyl sites for hydroxylation is 1. The van der Waals surface area contributed by atoms with Crippen LogP contribution in [0.1, 0.15) is 87.5 Å². The number of amides is 1. The highest BCUT2D eigenvalue weighted by Crippen LogP contribution is 2.41. The van der Waals surface area contributed by atoms with Gasteiger partial charge in [-0.2, -0.15) is 3.89 Å². The summed E-state index contributed by atoms with van der Waals surface area (Å²) in [5.41, 5.74) is -4.38. The second-order valence-corrected chi connectivity index (χ2v) is 18.1. The number of aliphatic hydroxyl groups excluding tert-OH is 1. The van der Waals surface area contributed by atoms with Crippen molar-refractivity contribution in [2.75, 3.05) is 40.6 Å². The maximum Gasteiger partial charge on any atom is 0.410 e. The number of carbonyl (C=O) groups excluding carboxylic acids is 3. The number of esters is 1. The number of nitrogens with zero attached hydrogens (tertiary/aromatic N) is 6.